The lowest BCUT2D eigenvalue weighted by atomic mass is 10.1. The smallest absolute Gasteiger partial charge is 0.265 e. The van der Waals surface area contributed by atoms with Crippen LogP contribution in [0.2, 0.25) is 0 Å². The Morgan fingerprint density at radius 3 is 2.53 bits per heavy atom. The standard InChI is InChI=1S/C27H21N7O2/c1-36-20-10-8-18(9-11-20)12-14-33-17-29-25-23(27(33)35)24-26(32-22-7-3-2-6-21(22)31-24)34(25)30-16-19-5-4-13-28-15-19/h2-11,13,15-17H,12,14H2,1H3/b30-16-. The first-order valence-corrected chi connectivity index (χ1v) is 11.4. The minimum atomic E-state index is -0.182. The molecule has 6 rings (SSSR count). The van der Waals surface area contributed by atoms with Crippen molar-refractivity contribution in [2.45, 2.75) is 13.0 Å². The Bertz CT molecular complexity index is 1790. The molecule has 0 spiro atoms. The number of rotatable bonds is 6. The number of fused-ring (bicyclic) bond motifs is 4. The van der Waals surface area contributed by atoms with Crippen molar-refractivity contribution in [1.29, 1.82) is 0 Å². The minimum Gasteiger partial charge on any atom is -0.497 e. The molecule has 9 heteroatoms. The van der Waals surface area contributed by atoms with Gasteiger partial charge in [-0.1, -0.05) is 30.3 Å². The molecule has 0 aliphatic rings. The summed E-state index contributed by atoms with van der Waals surface area (Å²) in [4.78, 5) is 32.0. The molecule has 4 aromatic heterocycles. The zero-order chi connectivity index (χ0) is 24.5. The van der Waals surface area contributed by atoms with Gasteiger partial charge in [0, 0.05) is 24.5 Å². The molecule has 0 aliphatic heterocycles. The summed E-state index contributed by atoms with van der Waals surface area (Å²) in [6.45, 7) is 0.473. The highest BCUT2D eigenvalue weighted by Gasteiger charge is 2.19. The van der Waals surface area contributed by atoms with Crippen molar-refractivity contribution in [1.82, 2.24) is 29.2 Å². The van der Waals surface area contributed by atoms with Crippen molar-refractivity contribution < 1.29 is 4.74 Å². The molecule has 176 valence electrons. The van der Waals surface area contributed by atoms with Crippen LogP contribution in [-0.2, 0) is 13.0 Å². The molecule has 0 bridgehead atoms. The minimum absolute atomic E-state index is 0.182. The summed E-state index contributed by atoms with van der Waals surface area (Å²) in [6.07, 6.45) is 7.30. The molecule has 0 radical (unpaired) electrons. The fourth-order valence-electron chi connectivity index (χ4n) is 4.14. The molecule has 2 aromatic carbocycles. The van der Waals surface area contributed by atoms with Gasteiger partial charge in [0.25, 0.3) is 5.56 Å². The van der Waals surface area contributed by atoms with E-state index in [9.17, 15) is 4.79 Å². The fraction of sp³-hybridized carbons (Fsp3) is 0.111. The van der Waals surface area contributed by atoms with E-state index >= 15 is 0 Å². The quantitative estimate of drug-likeness (QED) is 0.340. The summed E-state index contributed by atoms with van der Waals surface area (Å²) in [5.41, 5.74) is 4.50. The van der Waals surface area contributed by atoms with Gasteiger partial charge in [-0.3, -0.25) is 14.3 Å². The van der Waals surface area contributed by atoms with Gasteiger partial charge in [0.1, 0.15) is 16.7 Å². The second-order valence-electron chi connectivity index (χ2n) is 8.27. The van der Waals surface area contributed by atoms with E-state index in [1.165, 1.54) is 0 Å². The van der Waals surface area contributed by atoms with Crippen LogP contribution in [0.25, 0.3) is 33.2 Å². The number of para-hydroxylation sites is 2. The third-order valence-electron chi connectivity index (χ3n) is 6.02. The number of nitrogens with zero attached hydrogens (tertiary/aromatic N) is 7. The van der Waals surface area contributed by atoms with Crippen LogP contribution in [0.15, 0.2) is 89.3 Å². The predicted molar refractivity (Wildman–Crippen MR) is 139 cm³/mol. The van der Waals surface area contributed by atoms with Gasteiger partial charge in [-0.05, 0) is 42.3 Å². The first-order valence-electron chi connectivity index (χ1n) is 11.4. The first kappa shape index (κ1) is 21.6. The average molecular weight is 476 g/mol. The second kappa shape index (κ2) is 9.03. The van der Waals surface area contributed by atoms with Crippen molar-refractivity contribution in [3.63, 3.8) is 0 Å². The number of benzene rings is 2. The molecule has 6 aromatic rings. The van der Waals surface area contributed by atoms with Gasteiger partial charge >= 0.3 is 0 Å². The van der Waals surface area contributed by atoms with Crippen LogP contribution in [0.5, 0.6) is 5.75 Å². The van der Waals surface area contributed by atoms with Gasteiger partial charge in [-0.25, -0.2) is 15.0 Å². The third kappa shape index (κ3) is 3.86. The Morgan fingerprint density at radius 2 is 1.78 bits per heavy atom. The van der Waals surface area contributed by atoms with Gasteiger partial charge in [-0.2, -0.15) is 9.78 Å². The lowest BCUT2D eigenvalue weighted by Gasteiger charge is -2.07. The van der Waals surface area contributed by atoms with Gasteiger partial charge in [0.2, 0.25) is 0 Å². The number of aromatic nitrogens is 6. The maximum atomic E-state index is 13.6. The monoisotopic (exact) mass is 475 g/mol. The first-order chi connectivity index (χ1) is 17.7. The van der Waals surface area contributed by atoms with Crippen LogP contribution >= 0.6 is 0 Å². The molecule has 0 aliphatic carbocycles. The zero-order valence-electron chi connectivity index (χ0n) is 19.4. The Kier molecular flexibility index (Phi) is 5.42. The second-order valence-corrected chi connectivity index (χ2v) is 8.27. The SMILES string of the molecule is COc1ccc(CCn2cnc3c(c2=O)c2nc4ccccc4nc2n3/N=C\c2cccnc2)cc1. The molecule has 0 unspecified atom stereocenters. The number of pyridine rings is 1. The number of ether oxygens (including phenoxy) is 1. The largest absolute Gasteiger partial charge is 0.497 e. The highest BCUT2D eigenvalue weighted by atomic mass is 16.5. The van der Waals surface area contributed by atoms with E-state index in [0.717, 1.165) is 16.9 Å². The van der Waals surface area contributed by atoms with E-state index < -0.39 is 0 Å². The number of hydrogen-bond acceptors (Lipinski definition) is 7. The highest BCUT2D eigenvalue weighted by Crippen LogP contribution is 2.25. The van der Waals surface area contributed by atoms with Crippen molar-refractivity contribution >= 4 is 39.4 Å². The Labute approximate surface area is 205 Å². The van der Waals surface area contributed by atoms with E-state index in [2.05, 4.69) is 15.1 Å². The maximum absolute atomic E-state index is 13.6. The van der Waals surface area contributed by atoms with Crippen LogP contribution in [-0.4, -0.2) is 42.5 Å². The summed E-state index contributed by atoms with van der Waals surface area (Å²) < 4.78 is 8.41. The number of methoxy groups -OCH3 is 1. The Balaban J connectivity index is 1.49. The van der Waals surface area contributed by atoms with Gasteiger partial charge < -0.3 is 4.74 Å². The van der Waals surface area contributed by atoms with Crippen LogP contribution in [0.3, 0.4) is 0 Å². The molecule has 9 nitrogen and oxygen atoms in total. The summed E-state index contributed by atoms with van der Waals surface area (Å²) in [5.74, 6) is 0.796. The lowest BCUT2D eigenvalue weighted by molar-refractivity contribution is 0.414. The van der Waals surface area contributed by atoms with Crippen LogP contribution in [0, 0.1) is 0 Å². The lowest BCUT2D eigenvalue weighted by Crippen LogP contribution is -2.21. The molecule has 0 fully saturated rings. The van der Waals surface area contributed by atoms with Crippen molar-refractivity contribution in [3.8, 4) is 5.75 Å². The van der Waals surface area contributed by atoms with Gasteiger partial charge in [0.15, 0.2) is 11.3 Å². The van der Waals surface area contributed by atoms with Crippen LogP contribution < -0.4 is 10.3 Å². The van der Waals surface area contributed by atoms with Gasteiger partial charge in [0.05, 0.1) is 30.7 Å². The molecule has 0 N–H and O–H groups in total. The van der Waals surface area contributed by atoms with Crippen LogP contribution in [0.4, 0.5) is 0 Å². The number of aryl methyl sites for hydroxylation is 2. The molecule has 0 atom stereocenters. The summed E-state index contributed by atoms with van der Waals surface area (Å²) in [5, 5.41) is 5.00. The molecular formula is C27H21N7O2. The Hall–Kier alpha value is -4.92. The van der Waals surface area contributed by atoms with E-state index in [1.54, 1.807) is 41.3 Å². The van der Waals surface area contributed by atoms with E-state index in [4.69, 9.17) is 14.7 Å². The molecule has 36 heavy (non-hydrogen) atoms. The number of hydrogen-bond donors (Lipinski definition) is 0. The molecule has 0 saturated heterocycles. The summed E-state index contributed by atoms with van der Waals surface area (Å²) >= 11 is 0. The molecular weight excluding hydrogens is 454 g/mol. The summed E-state index contributed by atoms with van der Waals surface area (Å²) in [6, 6.07) is 19.1. The zero-order valence-corrected chi connectivity index (χ0v) is 19.4. The fourth-order valence-corrected chi connectivity index (χ4v) is 4.14. The molecule has 0 amide bonds. The third-order valence-corrected chi connectivity index (χ3v) is 6.02. The normalized spacial score (nSPS) is 11.7. The maximum Gasteiger partial charge on any atom is 0.265 e. The highest BCUT2D eigenvalue weighted by molar-refractivity contribution is 6.04. The van der Waals surface area contributed by atoms with E-state index in [0.29, 0.717) is 46.2 Å². The molecule has 4 heterocycles. The summed E-state index contributed by atoms with van der Waals surface area (Å²) in [7, 11) is 1.64. The van der Waals surface area contributed by atoms with E-state index in [1.807, 2.05) is 60.7 Å². The van der Waals surface area contributed by atoms with Crippen molar-refractivity contribution in [3.05, 3.63) is 101 Å². The van der Waals surface area contributed by atoms with Crippen molar-refractivity contribution in [2.75, 3.05) is 7.11 Å². The predicted octanol–water partition coefficient (Wildman–Crippen LogP) is 3.82. The topological polar surface area (TPSA) is 100 Å². The average Bonchev–Trinajstić information content (AvgIpc) is 3.24. The molecule has 0 saturated carbocycles. The van der Waals surface area contributed by atoms with Crippen LogP contribution in [0.1, 0.15) is 11.1 Å². The van der Waals surface area contributed by atoms with Gasteiger partial charge in [-0.15, -0.1) is 0 Å². The Morgan fingerprint density at radius 1 is 0.972 bits per heavy atom. The van der Waals surface area contributed by atoms with Crippen molar-refractivity contribution in [2.24, 2.45) is 5.10 Å². The van der Waals surface area contributed by atoms with E-state index in [-0.39, 0.29) is 5.56 Å².